The van der Waals surface area contributed by atoms with Gasteiger partial charge in [0.2, 0.25) is 17.7 Å². The van der Waals surface area contributed by atoms with Crippen LogP contribution in [0.4, 0.5) is 30.8 Å². The Kier molecular flexibility index (Phi) is 12.0. The first-order valence-corrected chi connectivity index (χ1v) is 16.9. The van der Waals surface area contributed by atoms with E-state index in [9.17, 15) is 37.5 Å². The molecule has 1 atom stereocenters. The largest absolute Gasteiger partial charge is 0.480 e. The molecule has 17 heteroatoms. The van der Waals surface area contributed by atoms with Crippen molar-refractivity contribution in [1.82, 2.24) is 25.6 Å². The summed E-state index contributed by atoms with van der Waals surface area (Å²) < 4.78 is 43.5. The van der Waals surface area contributed by atoms with Crippen molar-refractivity contribution in [3.8, 4) is 6.01 Å². The number of hydrogen-bond acceptors (Lipinski definition) is 10. The number of nitrogens with one attached hydrogen (secondary N) is 4. The molecule has 2 aromatic carbocycles. The SMILES string of the molecule is O=C(CC1CCCCC1)C(=O)NCC[C@H](NC(=O)c1ccc(Nc2nc(NC3(c4ccc(Cl)cc4)CC3)nc(OCC(F)(F)F)n2)cc1)C(=O)O. The number of amides is 2. The molecule has 0 aliphatic heterocycles. The van der Waals surface area contributed by atoms with Crippen LogP contribution in [0, 0.1) is 5.92 Å². The Morgan fingerprint density at radius 3 is 2.24 bits per heavy atom. The zero-order chi connectivity index (χ0) is 36.6. The molecule has 5 N–H and O–H groups in total. The van der Waals surface area contributed by atoms with E-state index in [0.29, 0.717) is 23.6 Å². The van der Waals surface area contributed by atoms with Crippen LogP contribution in [0.5, 0.6) is 6.01 Å². The highest BCUT2D eigenvalue weighted by Gasteiger charge is 2.45. The lowest BCUT2D eigenvalue weighted by atomic mass is 9.86. The molecule has 2 aliphatic rings. The van der Waals surface area contributed by atoms with Crippen molar-refractivity contribution in [3.63, 3.8) is 0 Å². The number of benzene rings is 2. The van der Waals surface area contributed by atoms with Crippen LogP contribution in [0.25, 0.3) is 0 Å². The number of Topliss-reactive ketones (excluding diaryl/α,β-unsaturated/α-hetero) is 1. The fraction of sp³-hybridized carbons (Fsp3) is 0.441. The van der Waals surface area contributed by atoms with Crippen LogP contribution in [0.3, 0.4) is 0 Å². The van der Waals surface area contributed by atoms with E-state index in [1.165, 1.54) is 24.3 Å². The predicted molar refractivity (Wildman–Crippen MR) is 180 cm³/mol. The number of carbonyl (C=O) groups excluding carboxylic acids is 3. The van der Waals surface area contributed by atoms with E-state index in [1.807, 2.05) is 12.1 Å². The first-order chi connectivity index (χ1) is 24.3. The lowest BCUT2D eigenvalue weighted by Gasteiger charge is -2.20. The standard InChI is InChI=1S/C34H37ClF3N7O6/c35-23-10-8-22(9-11-23)33(15-16-33)45-31-42-30(43-32(44-31)51-19-34(36,37)38)40-24-12-6-21(7-13-24)27(47)41-25(29(49)50)14-17-39-28(48)26(46)18-20-4-2-1-3-5-20/h6-13,20,25H,1-5,14-19H2,(H,39,48)(H,41,47)(H,49,50)(H2,40,42,43,44,45)/t25-/m0/s1. The Bertz CT molecular complexity index is 1720. The summed E-state index contributed by atoms with van der Waals surface area (Å²) in [6, 6.07) is 10.9. The Balaban J connectivity index is 1.19. The summed E-state index contributed by atoms with van der Waals surface area (Å²) in [4.78, 5) is 61.5. The number of ketones is 1. The summed E-state index contributed by atoms with van der Waals surface area (Å²) in [5.74, 6) is -3.32. The van der Waals surface area contributed by atoms with Crippen LogP contribution in [0.15, 0.2) is 48.5 Å². The molecular weight excluding hydrogens is 695 g/mol. The van der Waals surface area contributed by atoms with Crippen molar-refractivity contribution in [1.29, 1.82) is 0 Å². The average molecular weight is 732 g/mol. The zero-order valence-electron chi connectivity index (χ0n) is 27.4. The van der Waals surface area contributed by atoms with Gasteiger partial charge < -0.3 is 31.1 Å². The van der Waals surface area contributed by atoms with Gasteiger partial charge in [0.1, 0.15) is 6.04 Å². The van der Waals surface area contributed by atoms with Gasteiger partial charge in [-0.15, -0.1) is 0 Å². The number of carboxylic acid groups (broad SMARTS) is 1. The van der Waals surface area contributed by atoms with Gasteiger partial charge in [-0.1, -0.05) is 55.8 Å². The molecule has 2 aliphatic carbocycles. The van der Waals surface area contributed by atoms with Crippen molar-refractivity contribution in [3.05, 3.63) is 64.7 Å². The van der Waals surface area contributed by atoms with Crippen molar-refractivity contribution in [2.24, 2.45) is 5.92 Å². The molecule has 0 unspecified atom stereocenters. The average Bonchev–Trinajstić information content (AvgIpc) is 3.87. The van der Waals surface area contributed by atoms with Crippen LogP contribution < -0.4 is 26.0 Å². The van der Waals surface area contributed by atoms with Crippen LogP contribution >= 0.6 is 11.6 Å². The maximum absolute atomic E-state index is 12.9. The molecule has 2 saturated carbocycles. The number of carboxylic acids is 1. The number of alkyl halides is 3. The van der Waals surface area contributed by atoms with Crippen molar-refractivity contribution in [2.75, 3.05) is 23.8 Å². The summed E-state index contributed by atoms with van der Waals surface area (Å²) in [6.45, 7) is -1.75. The second-order valence-electron chi connectivity index (χ2n) is 12.6. The van der Waals surface area contributed by atoms with E-state index in [2.05, 4.69) is 36.2 Å². The van der Waals surface area contributed by atoms with Gasteiger partial charge in [-0.05, 0) is 67.1 Å². The zero-order valence-corrected chi connectivity index (χ0v) is 28.1. The summed E-state index contributed by atoms with van der Waals surface area (Å²) in [5, 5.41) is 21.1. The number of ether oxygens (including phenoxy) is 1. The normalized spacial score (nSPS) is 16.0. The van der Waals surface area contributed by atoms with Gasteiger partial charge >= 0.3 is 18.2 Å². The van der Waals surface area contributed by atoms with Gasteiger partial charge in [0.05, 0.1) is 5.54 Å². The molecule has 272 valence electrons. The molecule has 5 rings (SSSR count). The van der Waals surface area contributed by atoms with Gasteiger partial charge in [-0.2, -0.15) is 28.1 Å². The summed E-state index contributed by atoms with van der Waals surface area (Å²) in [5.41, 5.74) is 0.789. The lowest BCUT2D eigenvalue weighted by molar-refractivity contribution is -0.154. The summed E-state index contributed by atoms with van der Waals surface area (Å²) in [6.07, 6.45) is 1.82. The topological polar surface area (TPSA) is 185 Å². The highest BCUT2D eigenvalue weighted by Crippen LogP contribution is 2.48. The quantitative estimate of drug-likeness (QED) is 0.117. The molecule has 0 radical (unpaired) electrons. The van der Waals surface area contributed by atoms with Gasteiger partial charge in [0, 0.05) is 29.2 Å². The minimum Gasteiger partial charge on any atom is -0.480 e. The number of anilines is 3. The van der Waals surface area contributed by atoms with E-state index in [-0.39, 0.29) is 42.8 Å². The Labute approximate surface area is 296 Å². The van der Waals surface area contributed by atoms with Crippen LogP contribution in [0.2, 0.25) is 5.02 Å². The number of halogens is 4. The molecule has 0 saturated heterocycles. The highest BCUT2D eigenvalue weighted by molar-refractivity contribution is 6.36. The second kappa shape index (κ2) is 16.4. The third-order valence-corrected chi connectivity index (χ3v) is 8.91. The number of aliphatic carboxylic acids is 1. The first-order valence-electron chi connectivity index (χ1n) is 16.5. The fourth-order valence-corrected chi connectivity index (χ4v) is 5.91. The third kappa shape index (κ3) is 11.0. The van der Waals surface area contributed by atoms with E-state index in [0.717, 1.165) is 37.7 Å². The Hall–Kier alpha value is -4.99. The molecule has 2 fully saturated rings. The summed E-state index contributed by atoms with van der Waals surface area (Å²) >= 11 is 6.02. The van der Waals surface area contributed by atoms with Gasteiger partial charge in [-0.3, -0.25) is 14.4 Å². The lowest BCUT2D eigenvalue weighted by Crippen LogP contribution is -2.43. The molecule has 2 amide bonds. The van der Waals surface area contributed by atoms with E-state index in [4.69, 9.17) is 16.3 Å². The van der Waals surface area contributed by atoms with Crippen LogP contribution in [-0.2, 0) is 19.9 Å². The van der Waals surface area contributed by atoms with Gasteiger partial charge in [0.25, 0.3) is 11.8 Å². The minimum atomic E-state index is -4.63. The smallest absolute Gasteiger partial charge is 0.422 e. The first kappa shape index (κ1) is 37.3. The van der Waals surface area contributed by atoms with E-state index in [1.54, 1.807) is 12.1 Å². The van der Waals surface area contributed by atoms with Crippen molar-refractivity contribution >= 4 is 52.8 Å². The number of carbonyl (C=O) groups is 4. The predicted octanol–water partition coefficient (Wildman–Crippen LogP) is 5.54. The maximum Gasteiger partial charge on any atom is 0.422 e. The molecule has 1 heterocycles. The Morgan fingerprint density at radius 2 is 1.61 bits per heavy atom. The monoisotopic (exact) mass is 731 g/mol. The maximum atomic E-state index is 12.9. The molecule has 51 heavy (non-hydrogen) atoms. The van der Waals surface area contributed by atoms with E-state index < -0.39 is 53.9 Å². The third-order valence-electron chi connectivity index (χ3n) is 8.66. The van der Waals surface area contributed by atoms with E-state index >= 15 is 0 Å². The fourth-order valence-electron chi connectivity index (χ4n) is 5.78. The molecule has 13 nitrogen and oxygen atoms in total. The van der Waals surface area contributed by atoms with Crippen molar-refractivity contribution in [2.45, 2.75) is 75.5 Å². The van der Waals surface area contributed by atoms with Gasteiger partial charge in [-0.25, -0.2) is 4.79 Å². The number of hydrogen-bond donors (Lipinski definition) is 5. The van der Waals surface area contributed by atoms with Crippen LogP contribution in [0.1, 0.15) is 73.7 Å². The molecule has 0 bridgehead atoms. The molecule has 1 aromatic heterocycles. The molecular formula is C34H37ClF3N7O6. The number of aromatic nitrogens is 3. The Morgan fingerprint density at radius 1 is 0.941 bits per heavy atom. The minimum absolute atomic E-state index is 0.0300. The highest BCUT2D eigenvalue weighted by atomic mass is 35.5. The summed E-state index contributed by atoms with van der Waals surface area (Å²) in [7, 11) is 0. The molecule has 3 aromatic rings. The number of rotatable bonds is 16. The van der Waals surface area contributed by atoms with Crippen LogP contribution in [-0.4, -0.2) is 69.0 Å². The molecule has 0 spiro atoms. The van der Waals surface area contributed by atoms with Gasteiger partial charge in [0.15, 0.2) is 6.61 Å². The number of nitrogens with zero attached hydrogens (tertiary/aromatic N) is 3. The van der Waals surface area contributed by atoms with Crippen molar-refractivity contribution < 1.29 is 42.2 Å². The second-order valence-corrected chi connectivity index (χ2v) is 13.1.